The lowest BCUT2D eigenvalue weighted by atomic mass is 10.1. The van der Waals surface area contributed by atoms with Crippen LogP contribution in [-0.2, 0) is 11.3 Å². The SMILES string of the molecule is CCOc1cc(CN(CCO)C[C@@H](O)CN2c3ccccc3Sc3ccccc32)ccc1OCCN1CCOCC1. The highest BCUT2D eigenvalue weighted by molar-refractivity contribution is 7.99. The van der Waals surface area contributed by atoms with E-state index in [0.29, 0.717) is 39.4 Å². The molecule has 0 saturated carbocycles. The van der Waals surface area contributed by atoms with Gasteiger partial charge in [-0.1, -0.05) is 42.1 Å². The molecule has 5 rings (SSSR count). The molecule has 3 aromatic rings. The highest BCUT2D eigenvalue weighted by Crippen LogP contribution is 2.47. The summed E-state index contributed by atoms with van der Waals surface area (Å²) < 4.78 is 17.5. The number of fused-ring (bicyclic) bond motifs is 2. The van der Waals surface area contributed by atoms with Gasteiger partial charge in [0.1, 0.15) is 6.61 Å². The van der Waals surface area contributed by atoms with Crippen LogP contribution in [0.25, 0.3) is 0 Å². The second-order valence-corrected chi connectivity index (χ2v) is 11.4. The van der Waals surface area contributed by atoms with Gasteiger partial charge in [0.25, 0.3) is 0 Å². The monoisotopic (exact) mass is 579 g/mol. The van der Waals surface area contributed by atoms with Gasteiger partial charge in [-0.2, -0.15) is 0 Å². The quantitative estimate of drug-likeness (QED) is 0.291. The minimum absolute atomic E-state index is 0.0137. The van der Waals surface area contributed by atoms with Crippen LogP contribution < -0.4 is 14.4 Å². The molecule has 0 unspecified atom stereocenters. The van der Waals surface area contributed by atoms with Gasteiger partial charge in [0.05, 0.1) is 50.5 Å². The van der Waals surface area contributed by atoms with Crippen LogP contribution in [0.1, 0.15) is 12.5 Å². The van der Waals surface area contributed by atoms with Gasteiger partial charge in [-0.15, -0.1) is 0 Å². The van der Waals surface area contributed by atoms with Gasteiger partial charge in [0.15, 0.2) is 11.5 Å². The Kier molecular flexibility index (Phi) is 10.8. The number of morpholine rings is 1. The third-order valence-corrected chi connectivity index (χ3v) is 8.42. The van der Waals surface area contributed by atoms with Crippen LogP contribution in [0, 0.1) is 0 Å². The van der Waals surface area contributed by atoms with Crippen molar-refractivity contribution in [1.29, 1.82) is 0 Å². The fraction of sp³-hybridized carbons (Fsp3) is 0.438. The van der Waals surface area contributed by atoms with Crippen molar-refractivity contribution in [2.75, 3.05) is 77.2 Å². The molecule has 0 radical (unpaired) electrons. The van der Waals surface area contributed by atoms with Crippen LogP contribution in [0.5, 0.6) is 11.5 Å². The normalized spacial score (nSPS) is 15.9. The first-order valence-corrected chi connectivity index (χ1v) is 15.3. The van der Waals surface area contributed by atoms with Gasteiger partial charge in [-0.05, 0) is 48.9 Å². The largest absolute Gasteiger partial charge is 0.490 e. The Morgan fingerprint density at radius 3 is 2.34 bits per heavy atom. The molecule has 1 fully saturated rings. The first-order chi connectivity index (χ1) is 20.1. The number of aliphatic hydroxyl groups is 2. The number of nitrogens with zero attached hydrogens (tertiary/aromatic N) is 3. The summed E-state index contributed by atoms with van der Waals surface area (Å²) in [6.45, 7) is 9.29. The molecule has 0 spiro atoms. The minimum Gasteiger partial charge on any atom is -0.490 e. The number of rotatable bonds is 14. The third-order valence-electron chi connectivity index (χ3n) is 7.29. The number of anilines is 2. The van der Waals surface area contributed by atoms with Crippen LogP contribution >= 0.6 is 11.8 Å². The zero-order valence-electron chi connectivity index (χ0n) is 23.8. The van der Waals surface area contributed by atoms with E-state index in [0.717, 1.165) is 61.3 Å². The van der Waals surface area contributed by atoms with E-state index in [-0.39, 0.29) is 6.61 Å². The predicted molar refractivity (Wildman–Crippen MR) is 163 cm³/mol. The van der Waals surface area contributed by atoms with Crippen molar-refractivity contribution in [1.82, 2.24) is 9.80 Å². The van der Waals surface area contributed by atoms with Crippen molar-refractivity contribution < 1.29 is 24.4 Å². The molecular formula is C32H41N3O5S. The molecule has 3 aromatic carbocycles. The number of β-amino-alcohol motifs (C(OH)–C–C–N with tert-alkyl or cyclic N) is 1. The maximum atomic E-state index is 11.3. The van der Waals surface area contributed by atoms with Gasteiger partial charge >= 0.3 is 0 Å². The maximum absolute atomic E-state index is 11.3. The molecule has 2 N–H and O–H groups in total. The van der Waals surface area contributed by atoms with E-state index in [9.17, 15) is 10.2 Å². The Balaban J connectivity index is 1.23. The van der Waals surface area contributed by atoms with Crippen molar-refractivity contribution in [3.8, 4) is 11.5 Å². The summed E-state index contributed by atoms with van der Waals surface area (Å²) in [5, 5.41) is 21.1. The number of ether oxygens (including phenoxy) is 3. The standard InChI is InChI=1S/C32H41N3O5S/c1-2-39-30-21-25(11-12-29(30)40-20-16-33-14-18-38-19-15-33)22-34(13-17-36)23-26(37)24-35-27-7-3-5-9-31(27)41-32-10-6-4-8-28(32)35/h3-12,21,26,36-37H,2,13-20,22-24H2,1H3/t26-/m1/s1. The molecule has 2 heterocycles. The molecule has 2 aliphatic heterocycles. The Hall–Kier alpha value is -2.79. The van der Waals surface area contributed by atoms with Crippen molar-refractivity contribution >= 4 is 23.1 Å². The molecule has 0 bridgehead atoms. The predicted octanol–water partition coefficient (Wildman–Crippen LogP) is 4.25. The van der Waals surface area contributed by atoms with Crippen molar-refractivity contribution in [2.45, 2.75) is 29.4 Å². The molecule has 2 aliphatic rings. The molecule has 1 atom stereocenters. The second kappa shape index (κ2) is 14.9. The summed E-state index contributed by atoms with van der Waals surface area (Å²) in [5.74, 6) is 1.45. The number of hydrogen-bond donors (Lipinski definition) is 2. The van der Waals surface area contributed by atoms with E-state index in [2.05, 4.69) is 39.0 Å². The van der Waals surface area contributed by atoms with Crippen LogP contribution in [0.2, 0.25) is 0 Å². The Morgan fingerprint density at radius 2 is 1.66 bits per heavy atom. The topological polar surface area (TPSA) is 77.9 Å². The Morgan fingerprint density at radius 1 is 0.951 bits per heavy atom. The summed E-state index contributed by atoms with van der Waals surface area (Å²) in [6.07, 6.45) is -0.625. The maximum Gasteiger partial charge on any atom is 0.161 e. The zero-order valence-corrected chi connectivity index (χ0v) is 24.6. The Bertz CT molecular complexity index is 1210. The lowest BCUT2D eigenvalue weighted by Crippen LogP contribution is -2.40. The molecule has 0 amide bonds. The molecule has 9 heteroatoms. The van der Waals surface area contributed by atoms with Crippen LogP contribution in [0.15, 0.2) is 76.5 Å². The molecule has 41 heavy (non-hydrogen) atoms. The van der Waals surface area contributed by atoms with E-state index in [1.165, 1.54) is 9.79 Å². The summed E-state index contributed by atoms with van der Waals surface area (Å²) in [7, 11) is 0. The van der Waals surface area contributed by atoms with E-state index in [1.54, 1.807) is 11.8 Å². The molecule has 1 saturated heterocycles. The number of hydrogen-bond acceptors (Lipinski definition) is 9. The average Bonchev–Trinajstić information content (AvgIpc) is 2.99. The van der Waals surface area contributed by atoms with Gasteiger partial charge in [-0.3, -0.25) is 9.80 Å². The van der Waals surface area contributed by atoms with Gasteiger partial charge in [0, 0.05) is 49.1 Å². The van der Waals surface area contributed by atoms with E-state index in [1.807, 2.05) is 49.4 Å². The summed E-state index contributed by atoms with van der Waals surface area (Å²) in [5.41, 5.74) is 3.25. The Labute approximate surface area is 247 Å². The molecular weight excluding hydrogens is 538 g/mol. The van der Waals surface area contributed by atoms with Crippen molar-refractivity contribution in [3.05, 3.63) is 72.3 Å². The van der Waals surface area contributed by atoms with E-state index in [4.69, 9.17) is 14.2 Å². The van der Waals surface area contributed by atoms with Crippen LogP contribution in [0.3, 0.4) is 0 Å². The van der Waals surface area contributed by atoms with E-state index < -0.39 is 6.10 Å². The van der Waals surface area contributed by atoms with E-state index >= 15 is 0 Å². The number of para-hydroxylation sites is 2. The minimum atomic E-state index is -0.625. The highest BCUT2D eigenvalue weighted by Gasteiger charge is 2.25. The second-order valence-electron chi connectivity index (χ2n) is 10.3. The molecule has 0 aliphatic carbocycles. The third kappa shape index (κ3) is 7.94. The lowest BCUT2D eigenvalue weighted by Gasteiger charge is -2.35. The molecule has 0 aromatic heterocycles. The number of benzene rings is 3. The fourth-order valence-corrected chi connectivity index (χ4v) is 6.42. The highest BCUT2D eigenvalue weighted by atomic mass is 32.2. The zero-order chi connectivity index (χ0) is 28.4. The van der Waals surface area contributed by atoms with Crippen LogP contribution in [0.4, 0.5) is 11.4 Å². The lowest BCUT2D eigenvalue weighted by molar-refractivity contribution is 0.0320. The number of aliphatic hydroxyl groups excluding tert-OH is 2. The molecule has 220 valence electrons. The first kappa shape index (κ1) is 29.7. The van der Waals surface area contributed by atoms with Crippen molar-refractivity contribution in [3.63, 3.8) is 0 Å². The summed E-state index contributed by atoms with van der Waals surface area (Å²) in [4.78, 5) is 9.00. The average molecular weight is 580 g/mol. The summed E-state index contributed by atoms with van der Waals surface area (Å²) in [6, 6.07) is 22.7. The fourth-order valence-electron chi connectivity index (χ4n) is 5.33. The summed E-state index contributed by atoms with van der Waals surface area (Å²) >= 11 is 1.76. The van der Waals surface area contributed by atoms with Crippen molar-refractivity contribution in [2.24, 2.45) is 0 Å². The van der Waals surface area contributed by atoms with Gasteiger partial charge in [0.2, 0.25) is 0 Å². The molecule has 8 nitrogen and oxygen atoms in total. The smallest absolute Gasteiger partial charge is 0.161 e. The van der Waals surface area contributed by atoms with Gasteiger partial charge < -0.3 is 29.3 Å². The first-order valence-electron chi connectivity index (χ1n) is 14.5. The van der Waals surface area contributed by atoms with Crippen LogP contribution in [-0.4, -0.2) is 98.4 Å². The van der Waals surface area contributed by atoms with Gasteiger partial charge in [-0.25, -0.2) is 0 Å².